The lowest BCUT2D eigenvalue weighted by atomic mass is 10.1. The van der Waals surface area contributed by atoms with Crippen molar-refractivity contribution >= 4 is 0 Å². The van der Waals surface area contributed by atoms with Gasteiger partial charge in [-0.2, -0.15) is 13.2 Å². The van der Waals surface area contributed by atoms with Gasteiger partial charge < -0.3 is 5.73 Å². The fourth-order valence-corrected chi connectivity index (χ4v) is 2.43. The zero-order valence-electron chi connectivity index (χ0n) is 11.9. The van der Waals surface area contributed by atoms with Gasteiger partial charge in [-0.25, -0.2) is 9.97 Å². The van der Waals surface area contributed by atoms with Gasteiger partial charge in [-0.1, -0.05) is 12.1 Å². The molecule has 0 saturated heterocycles. The molecule has 0 aliphatic heterocycles. The molecular weight excluding hydrogens is 291 g/mol. The summed E-state index contributed by atoms with van der Waals surface area (Å²) in [5.41, 5.74) is 7.56. The van der Waals surface area contributed by atoms with Crippen LogP contribution < -0.4 is 5.73 Å². The van der Waals surface area contributed by atoms with Crippen LogP contribution in [0.4, 0.5) is 13.2 Å². The Hall–Kier alpha value is -1.95. The largest absolute Gasteiger partial charge is 0.416 e. The smallest absolute Gasteiger partial charge is 0.330 e. The maximum absolute atomic E-state index is 12.6. The second kappa shape index (κ2) is 5.68. The molecule has 0 radical (unpaired) electrons. The third-order valence-electron chi connectivity index (χ3n) is 3.75. The van der Waals surface area contributed by atoms with Crippen LogP contribution in [0.25, 0.3) is 11.4 Å². The van der Waals surface area contributed by atoms with Crippen LogP contribution in [0.1, 0.15) is 35.6 Å². The van der Waals surface area contributed by atoms with E-state index >= 15 is 0 Å². The van der Waals surface area contributed by atoms with Gasteiger partial charge in [0.25, 0.3) is 0 Å². The number of rotatable bonds is 4. The Bertz CT molecular complexity index is 661. The molecule has 2 aromatic rings. The SMILES string of the molecule is NCCc1cnc(-c2ccc(C(F)(F)F)cc2)nc1C1CC1. The molecule has 116 valence electrons. The summed E-state index contributed by atoms with van der Waals surface area (Å²) >= 11 is 0. The lowest BCUT2D eigenvalue weighted by Crippen LogP contribution is -2.08. The summed E-state index contributed by atoms with van der Waals surface area (Å²) in [4.78, 5) is 8.85. The van der Waals surface area contributed by atoms with Crippen molar-refractivity contribution in [3.05, 3.63) is 47.3 Å². The first kappa shape index (κ1) is 15.0. The highest BCUT2D eigenvalue weighted by atomic mass is 19.4. The minimum Gasteiger partial charge on any atom is -0.330 e. The van der Waals surface area contributed by atoms with Gasteiger partial charge in [0.15, 0.2) is 5.82 Å². The molecule has 1 aliphatic rings. The molecule has 1 fully saturated rings. The molecule has 3 nitrogen and oxygen atoms in total. The summed E-state index contributed by atoms with van der Waals surface area (Å²) < 4.78 is 37.8. The third kappa shape index (κ3) is 3.11. The van der Waals surface area contributed by atoms with E-state index in [4.69, 9.17) is 5.73 Å². The fraction of sp³-hybridized carbons (Fsp3) is 0.375. The molecule has 1 aliphatic carbocycles. The minimum absolute atomic E-state index is 0.442. The second-order valence-electron chi connectivity index (χ2n) is 5.49. The van der Waals surface area contributed by atoms with Gasteiger partial charge in [-0.3, -0.25) is 0 Å². The molecule has 1 aromatic heterocycles. The Morgan fingerprint density at radius 2 is 1.82 bits per heavy atom. The number of hydrogen-bond acceptors (Lipinski definition) is 3. The van der Waals surface area contributed by atoms with Crippen molar-refractivity contribution < 1.29 is 13.2 Å². The first-order chi connectivity index (χ1) is 10.5. The topological polar surface area (TPSA) is 51.8 Å². The average Bonchev–Trinajstić information content (AvgIpc) is 3.32. The summed E-state index contributed by atoms with van der Waals surface area (Å²) in [6, 6.07) is 4.95. The van der Waals surface area contributed by atoms with Crippen LogP contribution in [0.2, 0.25) is 0 Å². The van der Waals surface area contributed by atoms with Crippen LogP contribution >= 0.6 is 0 Å². The van der Waals surface area contributed by atoms with Gasteiger partial charge >= 0.3 is 6.18 Å². The predicted octanol–water partition coefficient (Wildman–Crippen LogP) is 3.54. The lowest BCUT2D eigenvalue weighted by molar-refractivity contribution is -0.137. The Morgan fingerprint density at radius 3 is 2.36 bits per heavy atom. The van der Waals surface area contributed by atoms with Crippen LogP contribution in [0, 0.1) is 0 Å². The van der Waals surface area contributed by atoms with Crippen molar-refractivity contribution in [3.63, 3.8) is 0 Å². The summed E-state index contributed by atoms with van der Waals surface area (Å²) in [5.74, 6) is 0.911. The highest BCUT2D eigenvalue weighted by molar-refractivity contribution is 5.56. The van der Waals surface area contributed by atoms with E-state index in [-0.39, 0.29) is 0 Å². The number of nitrogens with two attached hydrogens (primary N) is 1. The van der Waals surface area contributed by atoms with E-state index in [0.717, 1.165) is 42.7 Å². The Balaban J connectivity index is 1.93. The summed E-state index contributed by atoms with van der Waals surface area (Å²) in [7, 11) is 0. The maximum Gasteiger partial charge on any atom is 0.416 e. The number of hydrogen-bond donors (Lipinski definition) is 1. The molecule has 2 N–H and O–H groups in total. The fourth-order valence-electron chi connectivity index (χ4n) is 2.43. The van der Waals surface area contributed by atoms with Crippen molar-refractivity contribution in [1.29, 1.82) is 0 Å². The summed E-state index contributed by atoms with van der Waals surface area (Å²) in [6.07, 6.45) is 0.339. The zero-order chi connectivity index (χ0) is 15.7. The number of aromatic nitrogens is 2. The number of alkyl halides is 3. The van der Waals surface area contributed by atoms with E-state index in [1.54, 1.807) is 6.20 Å². The Labute approximate surface area is 126 Å². The van der Waals surface area contributed by atoms with Crippen molar-refractivity contribution in [3.8, 4) is 11.4 Å². The van der Waals surface area contributed by atoms with E-state index in [0.29, 0.717) is 23.9 Å². The highest BCUT2D eigenvalue weighted by Gasteiger charge is 2.30. The molecule has 22 heavy (non-hydrogen) atoms. The van der Waals surface area contributed by atoms with E-state index in [1.165, 1.54) is 12.1 Å². The van der Waals surface area contributed by atoms with E-state index < -0.39 is 11.7 Å². The number of nitrogens with zero attached hydrogens (tertiary/aromatic N) is 2. The lowest BCUT2D eigenvalue weighted by Gasteiger charge is -2.10. The molecule has 0 atom stereocenters. The van der Waals surface area contributed by atoms with Crippen LogP contribution in [0.3, 0.4) is 0 Å². The van der Waals surface area contributed by atoms with E-state index in [2.05, 4.69) is 9.97 Å². The van der Waals surface area contributed by atoms with Crippen LogP contribution in [-0.4, -0.2) is 16.5 Å². The second-order valence-corrected chi connectivity index (χ2v) is 5.49. The molecule has 0 unspecified atom stereocenters. The predicted molar refractivity (Wildman–Crippen MR) is 77.2 cm³/mol. The number of halogens is 3. The molecule has 0 spiro atoms. The van der Waals surface area contributed by atoms with E-state index in [9.17, 15) is 13.2 Å². The van der Waals surface area contributed by atoms with Crippen molar-refractivity contribution in [2.45, 2.75) is 31.4 Å². The van der Waals surface area contributed by atoms with E-state index in [1.807, 2.05) is 0 Å². The molecule has 1 heterocycles. The minimum atomic E-state index is -4.33. The maximum atomic E-state index is 12.6. The van der Waals surface area contributed by atoms with Gasteiger partial charge in [0.2, 0.25) is 0 Å². The van der Waals surface area contributed by atoms with Crippen LogP contribution in [0.5, 0.6) is 0 Å². The molecule has 6 heteroatoms. The quantitative estimate of drug-likeness (QED) is 0.940. The normalized spacial score (nSPS) is 15.1. The van der Waals surface area contributed by atoms with Gasteiger partial charge in [-0.15, -0.1) is 0 Å². The molecule has 3 rings (SSSR count). The number of benzene rings is 1. The van der Waals surface area contributed by atoms with Crippen molar-refractivity contribution in [1.82, 2.24) is 9.97 Å². The first-order valence-corrected chi connectivity index (χ1v) is 7.22. The average molecular weight is 307 g/mol. The summed E-state index contributed by atoms with van der Waals surface area (Å²) in [5, 5.41) is 0. The van der Waals surface area contributed by atoms with Crippen molar-refractivity contribution in [2.24, 2.45) is 5.73 Å². The first-order valence-electron chi connectivity index (χ1n) is 7.22. The molecule has 0 amide bonds. The Morgan fingerprint density at radius 1 is 1.14 bits per heavy atom. The van der Waals surface area contributed by atoms with Crippen LogP contribution in [0.15, 0.2) is 30.5 Å². The van der Waals surface area contributed by atoms with Gasteiger partial charge in [0.1, 0.15) is 0 Å². The molecule has 1 saturated carbocycles. The molecule has 0 bridgehead atoms. The standard InChI is InChI=1S/C16H16F3N3/c17-16(18,19)13-5-3-11(4-6-13)15-21-9-12(7-8-20)14(22-15)10-1-2-10/h3-6,9-10H,1-2,7-8,20H2. The Kier molecular flexibility index (Phi) is 3.87. The van der Waals surface area contributed by atoms with Gasteiger partial charge in [0, 0.05) is 17.7 Å². The monoisotopic (exact) mass is 307 g/mol. The zero-order valence-corrected chi connectivity index (χ0v) is 11.9. The molecular formula is C16H16F3N3. The summed E-state index contributed by atoms with van der Waals surface area (Å²) in [6.45, 7) is 0.530. The van der Waals surface area contributed by atoms with Crippen LogP contribution in [-0.2, 0) is 12.6 Å². The third-order valence-corrected chi connectivity index (χ3v) is 3.75. The highest BCUT2D eigenvalue weighted by Crippen LogP contribution is 2.41. The van der Waals surface area contributed by atoms with Gasteiger partial charge in [-0.05, 0) is 43.5 Å². The van der Waals surface area contributed by atoms with Crippen molar-refractivity contribution in [2.75, 3.05) is 6.54 Å². The molecule has 1 aromatic carbocycles. The van der Waals surface area contributed by atoms with Gasteiger partial charge in [0.05, 0.1) is 11.3 Å².